The quantitative estimate of drug-likeness (QED) is 0.784. The maximum atomic E-state index is 12.2. The molecule has 134 valence electrons. The summed E-state index contributed by atoms with van der Waals surface area (Å²) in [6, 6.07) is 15.9. The molecule has 0 aromatic heterocycles. The molecule has 0 fully saturated rings. The van der Waals surface area contributed by atoms with Gasteiger partial charge < -0.3 is 10.1 Å². The van der Waals surface area contributed by atoms with Crippen molar-refractivity contribution in [2.45, 2.75) is 30.7 Å². The number of ether oxygens (including phenoxy) is 1. The summed E-state index contributed by atoms with van der Waals surface area (Å²) in [4.78, 5) is 12.4. The molecular weight excluding hydrogens is 338 g/mol. The molecule has 0 radical (unpaired) electrons. The maximum absolute atomic E-state index is 12.2. The third-order valence-corrected chi connectivity index (χ3v) is 4.83. The molecule has 0 bridgehead atoms. The molecule has 0 aliphatic carbocycles. The molecule has 0 saturated carbocycles. The Morgan fingerprint density at radius 1 is 1.12 bits per heavy atom. The molecule has 2 aromatic rings. The van der Waals surface area contributed by atoms with Gasteiger partial charge in [-0.2, -0.15) is 0 Å². The lowest BCUT2D eigenvalue weighted by Gasteiger charge is -2.19. The van der Waals surface area contributed by atoms with Crippen LogP contribution >= 0.6 is 0 Å². The van der Waals surface area contributed by atoms with Crippen LogP contribution in [0.25, 0.3) is 0 Å². The number of nitrogens with one attached hydrogen (secondary N) is 1. The van der Waals surface area contributed by atoms with E-state index in [2.05, 4.69) is 12.2 Å². The van der Waals surface area contributed by atoms with Gasteiger partial charge in [-0.05, 0) is 30.2 Å². The minimum atomic E-state index is -3.31. The molecule has 1 N–H and O–H groups in total. The second kappa shape index (κ2) is 8.67. The highest BCUT2D eigenvalue weighted by molar-refractivity contribution is 7.90. The van der Waals surface area contributed by atoms with Crippen molar-refractivity contribution in [3.63, 3.8) is 0 Å². The number of hydrogen-bond acceptors (Lipinski definition) is 4. The van der Waals surface area contributed by atoms with Crippen LogP contribution in [-0.4, -0.2) is 27.2 Å². The summed E-state index contributed by atoms with van der Waals surface area (Å²) in [6.07, 6.45) is 2.91. The average molecular weight is 361 g/mol. The van der Waals surface area contributed by atoms with Crippen molar-refractivity contribution in [3.8, 4) is 5.75 Å². The van der Waals surface area contributed by atoms with E-state index < -0.39 is 9.84 Å². The Morgan fingerprint density at radius 3 is 2.48 bits per heavy atom. The van der Waals surface area contributed by atoms with Crippen molar-refractivity contribution in [3.05, 3.63) is 60.2 Å². The van der Waals surface area contributed by atoms with Gasteiger partial charge in [0.15, 0.2) is 16.4 Å². The Bertz CT molecular complexity index is 803. The van der Waals surface area contributed by atoms with E-state index in [1.54, 1.807) is 12.1 Å². The molecule has 2 rings (SSSR count). The number of carbonyl (C=O) groups excluding carboxylic acids is 1. The van der Waals surface area contributed by atoms with Crippen LogP contribution in [0.15, 0.2) is 59.5 Å². The van der Waals surface area contributed by atoms with Crippen LogP contribution in [0.2, 0.25) is 0 Å². The molecule has 5 nitrogen and oxygen atoms in total. The van der Waals surface area contributed by atoms with Crippen LogP contribution in [0.3, 0.4) is 0 Å². The second-order valence-electron chi connectivity index (χ2n) is 5.86. The molecule has 1 amide bonds. The highest BCUT2D eigenvalue weighted by atomic mass is 32.2. The molecule has 6 heteroatoms. The predicted octanol–water partition coefficient (Wildman–Crippen LogP) is 3.13. The molecule has 1 unspecified atom stereocenters. The van der Waals surface area contributed by atoms with Crippen LogP contribution in [0, 0.1) is 0 Å². The summed E-state index contributed by atoms with van der Waals surface area (Å²) >= 11 is 0. The standard InChI is InChI=1S/C19H23NO4S/c1-3-8-18(15-9-5-4-6-10-15)20-19(21)14-24-16-11-7-12-17(13-16)25(2,22)23/h4-7,9-13,18H,3,8,14H2,1-2H3,(H,20,21). The van der Waals surface area contributed by atoms with Crippen molar-refractivity contribution in [1.82, 2.24) is 5.32 Å². The van der Waals surface area contributed by atoms with E-state index in [4.69, 9.17) is 4.74 Å². The first kappa shape index (κ1) is 19.0. The Kier molecular flexibility index (Phi) is 6.58. The summed E-state index contributed by atoms with van der Waals surface area (Å²) in [5.41, 5.74) is 1.05. The van der Waals surface area contributed by atoms with E-state index >= 15 is 0 Å². The fraction of sp³-hybridized carbons (Fsp3) is 0.316. The Balaban J connectivity index is 1.98. The van der Waals surface area contributed by atoms with Gasteiger partial charge in [-0.1, -0.05) is 49.7 Å². The lowest BCUT2D eigenvalue weighted by Crippen LogP contribution is -2.32. The Hall–Kier alpha value is -2.34. The third-order valence-electron chi connectivity index (χ3n) is 3.72. The zero-order chi connectivity index (χ0) is 18.3. The minimum Gasteiger partial charge on any atom is -0.484 e. The molecule has 0 saturated heterocycles. The third kappa shape index (κ3) is 5.90. The van der Waals surface area contributed by atoms with Crippen LogP contribution < -0.4 is 10.1 Å². The average Bonchev–Trinajstić information content (AvgIpc) is 2.60. The smallest absolute Gasteiger partial charge is 0.258 e. The van der Waals surface area contributed by atoms with Crippen LogP contribution in [0.5, 0.6) is 5.75 Å². The number of sulfone groups is 1. The summed E-state index contributed by atoms with van der Waals surface area (Å²) in [6.45, 7) is 1.90. The summed E-state index contributed by atoms with van der Waals surface area (Å²) in [7, 11) is -3.31. The van der Waals surface area contributed by atoms with Crippen molar-refractivity contribution in [1.29, 1.82) is 0 Å². The maximum Gasteiger partial charge on any atom is 0.258 e. The van der Waals surface area contributed by atoms with E-state index in [-0.39, 0.29) is 23.5 Å². The first-order chi connectivity index (χ1) is 11.9. The van der Waals surface area contributed by atoms with Crippen LogP contribution in [-0.2, 0) is 14.6 Å². The van der Waals surface area contributed by atoms with Crippen molar-refractivity contribution in [2.24, 2.45) is 0 Å². The highest BCUT2D eigenvalue weighted by Crippen LogP contribution is 2.19. The molecule has 0 heterocycles. The van der Waals surface area contributed by atoms with Gasteiger partial charge in [0.25, 0.3) is 5.91 Å². The molecule has 2 aromatic carbocycles. The monoisotopic (exact) mass is 361 g/mol. The van der Waals surface area contributed by atoms with Gasteiger partial charge in [0, 0.05) is 6.26 Å². The van der Waals surface area contributed by atoms with E-state index in [0.717, 1.165) is 24.7 Å². The number of hydrogen-bond donors (Lipinski definition) is 1. The van der Waals surface area contributed by atoms with Crippen LogP contribution in [0.4, 0.5) is 0 Å². The molecule has 1 atom stereocenters. The van der Waals surface area contributed by atoms with E-state index in [9.17, 15) is 13.2 Å². The van der Waals surface area contributed by atoms with Gasteiger partial charge >= 0.3 is 0 Å². The van der Waals surface area contributed by atoms with Gasteiger partial charge in [0.05, 0.1) is 10.9 Å². The lowest BCUT2D eigenvalue weighted by molar-refractivity contribution is -0.123. The number of benzene rings is 2. The highest BCUT2D eigenvalue weighted by Gasteiger charge is 2.14. The zero-order valence-corrected chi connectivity index (χ0v) is 15.3. The largest absolute Gasteiger partial charge is 0.484 e. The molecular formula is C19H23NO4S. The van der Waals surface area contributed by atoms with Gasteiger partial charge in [-0.15, -0.1) is 0 Å². The summed E-state index contributed by atoms with van der Waals surface area (Å²) in [5, 5.41) is 2.97. The zero-order valence-electron chi connectivity index (χ0n) is 14.4. The number of amides is 1. The predicted molar refractivity (Wildman–Crippen MR) is 97.3 cm³/mol. The van der Waals surface area contributed by atoms with Gasteiger partial charge in [-0.3, -0.25) is 4.79 Å². The molecule has 0 spiro atoms. The summed E-state index contributed by atoms with van der Waals surface area (Å²) < 4.78 is 28.6. The van der Waals surface area contributed by atoms with Crippen LogP contribution in [0.1, 0.15) is 31.4 Å². The fourth-order valence-corrected chi connectivity index (χ4v) is 3.13. The first-order valence-corrected chi connectivity index (χ1v) is 10.1. The van der Waals surface area contributed by atoms with E-state index in [1.807, 2.05) is 30.3 Å². The molecule has 0 aliphatic heterocycles. The van der Waals surface area contributed by atoms with Gasteiger partial charge in [0.1, 0.15) is 5.75 Å². The van der Waals surface area contributed by atoms with Crippen molar-refractivity contribution in [2.75, 3.05) is 12.9 Å². The van der Waals surface area contributed by atoms with Gasteiger partial charge in [-0.25, -0.2) is 8.42 Å². The molecule has 25 heavy (non-hydrogen) atoms. The number of rotatable bonds is 8. The Labute approximate surface area is 148 Å². The Morgan fingerprint density at radius 2 is 1.84 bits per heavy atom. The first-order valence-electron chi connectivity index (χ1n) is 8.17. The fourth-order valence-electron chi connectivity index (χ4n) is 2.48. The summed E-state index contributed by atoms with van der Waals surface area (Å²) in [5.74, 6) is 0.108. The molecule has 0 aliphatic rings. The van der Waals surface area contributed by atoms with Crippen molar-refractivity contribution < 1.29 is 17.9 Å². The normalized spacial score (nSPS) is 12.4. The van der Waals surface area contributed by atoms with Crippen molar-refractivity contribution >= 4 is 15.7 Å². The van der Waals surface area contributed by atoms with E-state index in [0.29, 0.717) is 5.75 Å². The van der Waals surface area contributed by atoms with Gasteiger partial charge in [0.2, 0.25) is 0 Å². The lowest BCUT2D eigenvalue weighted by atomic mass is 10.0. The SMILES string of the molecule is CCCC(NC(=O)COc1cccc(S(C)(=O)=O)c1)c1ccccc1. The topological polar surface area (TPSA) is 72.5 Å². The minimum absolute atomic E-state index is 0.0651. The van der Waals surface area contributed by atoms with E-state index in [1.165, 1.54) is 12.1 Å². The number of carbonyl (C=O) groups is 1. The second-order valence-corrected chi connectivity index (χ2v) is 7.87.